The van der Waals surface area contributed by atoms with E-state index in [2.05, 4.69) is 11.4 Å². The van der Waals surface area contributed by atoms with Crippen molar-refractivity contribution >= 4 is 12.4 Å². The van der Waals surface area contributed by atoms with Crippen LogP contribution >= 0.6 is 12.4 Å². The maximum atomic E-state index is 8.72. The SMILES string of the molecule is COc1ccc(CNCc2ccc(C#N)cc2)cc1.Cl. The fourth-order valence-electron chi connectivity index (χ4n) is 1.79. The number of nitrogens with zero attached hydrogens (tertiary/aromatic N) is 1. The normalized spacial score (nSPS) is 9.40. The molecule has 104 valence electrons. The fourth-order valence-corrected chi connectivity index (χ4v) is 1.79. The van der Waals surface area contributed by atoms with Crippen molar-refractivity contribution in [3.05, 3.63) is 65.2 Å². The molecule has 4 heteroatoms. The summed E-state index contributed by atoms with van der Waals surface area (Å²) < 4.78 is 5.12. The Bertz CT molecular complexity index is 559. The van der Waals surface area contributed by atoms with Gasteiger partial charge in [0.1, 0.15) is 5.75 Å². The van der Waals surface area contributed by atoms with Crippen molar-refractivity contribution in [2.24, 2.45) is 0 Å². The second-order valence-corrected chi connectivity index (χ2v) is 4.26. The van der Waals surface area contributed by atoms with E-state index in [0.717, 1.165) is 18.8 Å². The quantitative estimate of drug-likeness (QED) is 0.918. The molecule has 2 aromatic carbocycles. The van der Waals surface area contributed by atoms with Crippen LogP contribution in [0.25, 0.3) is 0 Å². The van der Waals surface area contributed by atoms with Crippen LogP contribution in [0.2, 0.25) is 0 Å². The summed E-state index contributed by atoms with van der Waals surface area (Å²) in [5.41, 5.74) is 3.08. The second kappa shape index (κ2) is 8.21. The molecule has 0 heterocycles. The van der Waals surface area contributed by atoms with E-state index in [1.165, 1.54) is 11.1 Å². The lowest BCUT2D eigenvalue weighted by atomic mass is 10.1. The van der Waals surface area contributed by atoms with Gasteiger partial charge in [0.2, 0.25) is 0 Å². The number of methoxy groups -OCH3 is 1. The van der Waals surface area contributed by atoms with Gasteiger partial charge in [-0.05, 0) is 35.4 Å². The molecule has 0 atom stereocenters. The van der Waals surface area contributed by atoms with Crippen LogP contribution in [0, 0.1) is 11.3 Å². The van der Waals surface area contributed by atoms with E-state index in [1.807, 2.05) is 48.5 Å². The Morgan fingerprint density at radius 2 is 1.45 bits per heavy atom. The van der Waals surface area contributed by atoms with Crippen molar-refractivity contribution in [2.75, 3.05) is 7.11 Å². The summed E-state index contributed by atoms with van der Waals surface area (Å²) in [5, 5.41) is 12.1. The zero-order chi connectivity index (χ0) is 13.5. The number of hydrogen-bond acceptors (Lipinski definition) is 3. The number of halogens is 1. The van der Waals surface area contributed by atoms with E-state index < -0.39 is 0 Å². The molecule has 0 aliphatic carbocycles. The Morgan fingerprint density at radius 3 is 1.90 bits per heavy atom. The van der Waals surface area contributed by atoms with Crippen LogP contribution in [0.1, 0.15) is 16.7 Å². The Hall–Kier alpha value is -2.02. The molecule has 0 amide bonds. The molecule has 0 saturated heterocycles. The Kier molecular flexibility index (Phi) is 6.58. The average molecular weight is 289 g/mol. The number of rotatable bonds is 5. The van der Waals surface area contributed by atoms with Crippen LogP contribution in [0.5, 0.6) is 5.75 Å². The van der Waals surface area contributed by atoms with Gasteiger partial charge < -0.3 is 10.1 Å². The zero-order valence-corrected chi connectivity index (χ0v) is 12.1. The number of benzene rings is 2. The van der Waals surface area contributed by atoms with Gasteiger partial charge in [0.05, 0.1) is 18.7 Å². The van der Waals surface area contributed by atoms with Crippen LogP contribution in [-0.2, 0) is 13.1 Å². The number of hydrogen-bond donors (Lipinski definition) is 1. The van der Waals surface area contributed by atoms with Crippen LogP contribution < -0.4 is 10.1 Å². The molecule has 20 heavy (non-hydrogen) atoms. The average Bonchev–Trinajstić information content (AvgIpc) is 2.49. The van der Waals surface area contributed by atoms with Gasteiger partial charge >= 0.3 is 0 Å². The molecule has 0 aliphatic rings. The molecule has 3 nitrogen and oxygen atoms in total. The third-order valence-electron chi connectivity index (χ3n) is 2.90. The number of nitriles is 1. The molecular weight excluding hydrogens is 272 g/mol. The smallest absolute Gasteiger partial charge is 0.118 e. The molecule has 2 aromatic rings. The molecule has 0 aromatic heterocycles. The maximum absolute atomic E-state index is 8.72. The van der Waals surface area contributed by atoms with Crippen LogP contribution in [0.3, 0.4) is 0 Å². The first-order chi connectivity index (χ1) is 9.31. The fraction of sp³-hybridized carbons (Fsp3) is 0.188. The van der Waals surface area contributed by atoms with Crippen LogP contribution in [-0.4, -0.2) is 7.11 Å². The lowest BCUT2D eigenvalue weighted by Crippen LogP contribution is -2.12. The van der Waals surface area contributed by atoms with E-state index in [4.69, 9.17) is 10.00 Å². The Balaban J connectivity index is 0.00000200. The molecular formula is C16H17ClN2O. The predicted octanol–water partition coefficient (Wildman–Crippen LogP) is 3.28. The van der Waals surface area contributed by atoms with Crippen molar-refractivity contribution in [3.63, 3.8) is 0 Å². The maximum Gasteiger partial charge on any atom is 0.118 e. The topological polar surface area (TPSA) is 45.0 Å². The molecule has 0 unspecified atom stereocenters. The molecule has 0 aliphatic heterocycles. The minimum Gasteiger partial charge on any atom is -0.497 e. The molecule has 0 saturated carbocycles. The van der Waals surface area contributed by atoms with Gasteiger partial charge in [0, 0.05) is 13.1 Å². The minimum absolute atomic E-state index is 0. The summed E-state index contributed by atoms with van der Waals surface area (Å²) in [7, 11) is 1.66. The molecule has 0 fully saturated rings. The summed E-state index contributed by atoms with van der Waals surface area (Å²) in [6.45, 7) is 1.60. The molecule has 0 bridgehead atoms. The van der Waals surface area contributed by atoms with Gasteiger partial charge in [-0.25, -0.2) is 0 Å². The highest BCUT2D eigenvalue weighted by atomic mass is 35.5. The second-order valence-electron chi connectivity index (χ2n) is 4.26. The van der Waals surface area contributed by atoms with E-state index in [0.29, 0.717) is 5.56 Å². The summed E-state index contributed by atoms with van der Waals surface area (Å²) in [6, 6.07) is 17.7. The summed E-state index contributed by atoms with van der Waals surface area (Å²) in [5.74, 6) is 0.871. The van der Waals surface area contributed by atoms with Gasteiger partial charge in [0.15, 0.2) is 0 Å². The van der Waals surface area contributed by atoms with Crippen LogP contribution in [0.4, 0.5) is 0 Å². The van der Waals surface area contributed by atoms with Crippen molar-refractivity contribution < 1.29 is 4.74 Å². The highest BCUT2D eigenvalue weighted by Gasteiger charge is 1.96. The first-order valence-corrected chi connectivity index (χ1v) is 6.14. The Labute approximate surface area is 125 Å². The predicted molar refractivity (Wildman–Crippen MR) is 81.9 cm³/mol. The van der Waals surface area contributed by atoms with E-state index in [-0.39, 0.29) is 12.4 Å². The summed E-state index contributed by atoms with van der Waals surface area (Å²) in [4.78, 5) is 0. The highest BCUT2D eigenvalue weighted by molar-refractivity contribution is 5.85. The van der Waals surface area contributed by atoms with Gasteiger partial charge in [0.25, 0.3) is 0 Å². The monoisotopic (exact) mass is 288 g/mol. The molecule has 0 radical (unpaired) electrons. The van der Waals surface area contributed by atoms with Crippen molar-refractivity contribution in [1.29, 1.82) is 5.26 Å². The molecule has 0 spiro atoms. The first-order valence-electron chi connectivity index (χ1n) is 6.14. The van der Waals surface area contributed by atoms with Gasteiger partial charge in [-0.1, -0.05) is 24.3 Å². The van der Waals surface area contributed by atoms with Crippen molar-refractivity contribution in [3.8, 4) is 11.8 Å². The van der Waals surface area contributed by atoms with E-state index in [1.54, 1.807) is 7.11 Å². The van der Waals surface area contributed by atoms with Gasteiger partial charge in [-0.3, -0.25) is 0 Å². The van der Waals surface area contributed by atoms with E-state index >= 15 is 0 Å². The van der Waals surface area contributed by atoms with E-state index in [9.17, 15) is 0 Å². The van der Waals surface area contributed by atoms with Crippen LogP contribution in [0.15, 0.2) is 48.5 Å². The lowest BCUT2D eigenvalue weighted by molar-refractivity contribution is 0.414. The lowest BCUT2D eigenvalue weighted by Gasteiger charge is -2.06. The summed E-state index contributed by atoms with van der Waals surface area (Å²) >= 11 is 0. The standard InChI is InChI=1S/C16H16N2O.ClH/c1-19-16-8-6-15(7-9-16)12-18-11-14-4-2-13(10-17)3-5-14;/h2-9,18H,11-12H2,1H3;1H. The van der Waals surface area contributed by atoms with Crippen molar-refractivity contribution in [1.82, 2.24) is 5.32 Å². The number of nitrogens with one attached hydrogen (secondary N) is 1. The molecule has 1 N–H and O–H groups in total. The zero-order valence-electron chi connectivity index (χ0n) is 11.3. The third kappa shape index (κ3) is 4.58. The van der Waals surface area contributed by atoms with Crippen molar-refractivity contribution in [2.45, 2.75) is 13.1 Å². The molecule has 2 rings (SSSR count). The summed E-state index contributed by atoms with van der Waals surface area (Å²) in [6.07, 6.45) is 0. The Morgan fingerprint density at radius 1 is 0.950 bits per heavy atom. The first kappa shape index (κ1) is 16.0. The largest absolute Gasteiger partial charge is 0.497 e. The third-order valence-corrected chi connectivity index (χ3v) is 2.90. The number of ether oxygens (including phenoxy) is 1. The highest BCUT2D eigenvalue weighted by Crippen LogP contribution is 2.11. The van der Waals surface area contributed by atoms with Gasteiger partial charge in [-0.15, -0.1) is 12.4 Å². The minimum atomic E-state index is 0. The van der Waals surface area contributed by atoms with Gasteiger partial charge in [-0.2, -0.15) is 5.26 Å².